The molecule has 1 N–H and O–H groups in total. The summed E-state index contributed by atoms with van der Waals surface area (Å²) in [6.07, 6.45) is 0. The number of carbonyl (C=O) groups is 1. The van der Waals surface area contributed by atoms with Gasteiger partial charge in [-0.15, -0.1) is 5.10 Å². The standard InChI is InChI=1S/C25H28N4O3S/c1-5-31-23(30)21-17(4)26-24-27-25(33-6-2)28-29(24)22(21)18-11-13-20(14-12-18)32-15-19-10-8-7-9-16(19)3/h7-14,22H,5-6,15H2,1-4H3,(H,26,27,28). The maximum absolute atomic E-state index is 12.9. The summed E-state index contributed by atoms with van der Waals surface area (Å²) in [4.78, 5) is 17.5. The number of ether oxygens (including phenoxy) is 2. The monoisotopic (exact) mass is 464 g/mol. The van der Waals surface area contributed by atoms with Crippen LogP contribution in [0.3, 0.4) is 0 Å². The zero-order chi connectivity index (χ0) is 23.4. The molecule has 1 unspecified atom stereocenters. The third-order valence-electron chi connectivity index (χ3n) is 5.45. The van der Waals surface area contributed by atoms with E-state index in [-0.39, 0.29) is 5.97 Å². The molecule has 2 heterocycles. The van der Waals surface area contributed by atoms with Crippen molar-refractivity contribution in [2.45, 2.75) is 45.5 Å². The van der Waals surface area contributed by atoms with E-state index >= 15 is 0 Å². The van der Waals surface area contributed by atoms with Crippen molar-refractivity contribution in [1.29, 1.82) is 0 Å². The number of allylic oxidation sites excluding steroid dienone is 1. The molecule has 0 radical (unpaired) electrons. The Morgan fingerprint density at radius 1 is 1.12 bits per heavy atom. The van der Waals surface area contributed by atoms with Crippen LogP contribution in [0.5, 0.6) is 5.75 Å². The Balaban J connectivity index is 1.64. The minimum absolute atomic E-state index is 0.301. The Labute approximate surface area is 198 Å². The highest BCUT2D eigenvalue weighted by atomic mass is 32.2. The molecule has 0 bridgehead atoms. The topological polar surface area (TPSA) is 78.3 Å². The predicted octanol–water partition coefficient (Wildman–Crippen LogP) is 5.13. The molecule has 3 aromatic rings. The molecule has 33 heavy (non-hydrogen) atoms. The lowest BCUT2D eigenvalue weighted by Gasteiger charge is -2.28. The first-order valence-corrected chi connectivity index (χ1v) is 12.0. The van der Waals surface area contributed by atoms with Gasteiger partial charge in [-0.25, -0.2) is 9.48 Å². The van der Waals surface area contributed by atoms with Crippen LogP contribution >= 0.6 is 11.8 Å². The van der Waals surface area contributed by atoms with Gasteiger partial charge in [0.2, 0.25) is 11.1 Å². The molecule has 1 aromatic heterocycles. The van der Waals surface area contributed by atoms with E-state index in [0.29, 0.717) is 35.6 Å². The molecule has 0 saturated carbocycles. The molecule has 7 nitrogen and oxygen atoms in total. The van der Waals surface area contributed by atoms with Crippen LogP contribution in [0, 0.1) is 6.92 Å². The molecule has 1 aliphatic heterocycles. The van der Waals surface area contributed by atoms with Gasteiger partial charge in [-0.3, -0.25) is 0 Å². The van der Waals surface area contributed by atoms with Crippen molar-refractivity contribution in [3.8, 4) is 5.75 Å². The Morgan fingerprint density at radius 3 is 2.58 bits per heavy atom. The van der Waals surface area contributed by atoms with Crippen LogP contribution in [0.4, 0.5) is 5.95 Å². The number of nitrogens with one attached hydrogen (secondary N) is 1. The van der Waals surface area contributed by atoms with Gasteiger partial charge in [0.25, 0.3) is 0 Å². The molecule has 0 fully saturated rings. The fourth-order valence-electron chi connectivity index (χ4n) is 3.78. The van der Waals surface area contributed by atoms with E-state index in [1.165, 1.54) is 5.56 Å². The SMILES string of the molecule is CCOC(=O)C1=C(C)Nc2nc(SCC)nn2C1c1ccc(OCc2ccccc2C)cc1. The second-order valence-corrected chi connectivity index (χ2v) is 8.90. The molecule has 0 spiro atoms. The Morgan fingerprint density at radius 2 is 1.88 bits per heavy atom. The van der Waals surface area contributed by atoms with Crippen LogP contribution in [-0.4, -0.2) is 33.1 Å². The van der Waals surface area contributed by atoms with Crippen molar-refractivity contribution in [2.24, 2.45) is 0 Å². The minimum Gasteiger partial charge on any atom is -0.489 e. The van der Waals surface area contributed by atoms with E-state index < -0.39 is 6.04 Å². The Hall–Kier alpha value is -3.26. The molecule has 172 valence electrons. The predicted molar refractivity (Wildman–Crippen MR) is 129 cm³/mol. The summed E-state index contributed by atoms with van der Waals surface area (Å²) in [5.74, 6) is 1.87. The quantitative estimate of drug-likeness (QED) is 0.366. The number of hydrogen-bond acceptors (Lipinski definition) is 7. The summed E-state index contributed by atoms with van der Waals surface area (Å²) in [5, 5.41) is 8.55. The third-order valence-corrected chi connectivity index (χ3v) is 6.17. The van der Waals surface area contributed by atoms with Crippen LogP contribution in [0.1, 0.15) is 43.5 Å². The molecular weight excluding hydrogens is 436 g/mol. The first kappa shape index (κ1) is 22.9. The zero-order valence-electron chi connectivity index (χ0n) is 19.3. The van der Waals surface area contributed by atoms with Gasteiger partial charge in [-0.2, -0.15) is 4.98 Å². The minimum atomic E-state index is -0.440. The molecule has 8 heteroatoms. The van der Waals surface area contributed by atoms with Gasteiger partial charge in [-0.1, -0.05) is 55.1 Å². The van der Waals surface area contributed by atoms with E-state index in [0.717, 1.165) is 22.6 Å². The summed E-state index contributed by atoms with van der Waals surface area (Å²) in [6.45, 7) is 8.59. The summed E-state index contributed by atoms with van der Waals surface area (Å²) >= 11 is 1.56. The van der Waals surface area contributed by atoms with Gasteiger partial charge in [0.05, 0.1) is 12.2 Å². The third kappa shape index (κ3) is 4.90. The smallest absolute Gasteiger partial charge is 0.338 e. The van der Waals surface area contributed by atoms with Crippen molar-refractivity contribution >= 4 is 23.7 Å². The first-order valence-electron chi connectivity index (χ1n) is 11.0. The molecule has 0 aliphatic carbocycles. The zero-order valence-corrected chi connectivity index (χ0v) is 20.1. The van der Waals surface area contributed by atoms with E-state index in [9.17, 15) is 4.79 Å². The van der Waals surface area contributed by atoms with Crippen molar-refractivity contribution in [2.75, 3.05) is 17.7 Å². The van der Waals surface area contributed by atoms with Crippen LogP contribution in [0.2, 0.25) is 0 Å². The van der Waals surface area contributed by atoms with Gasteiger partial charge in [-0.05, 0) is 55.3 Å². The van der Waals surface area contributed by atoms with E-state index in [1.807, 2.05) is 43.3 Å². The van der Waals surface area contributed by atoms with Crippen molar-refractivity contribution < 1.29 is 14.3 Å². The van der Waals surface area contributed by atoms with E-state index in [2.05, 4.69) is 41.4 Å². The number of anilines is 1. The highest BCUT2D eigenvalue weighted by Crippen LogP contribution is 2.37. The lowest BCUT2D eigenvalue weighted by molar-refractivity contribution is -0.139. The average Bonchev–Trinajstić information content (AvgIpc) is 3.20. The fourth-order valence-corrected chi connectivity index (χ4v) is 4.34. The molecule has 0 amide bonds. The van der Waals surface area contributed by atoms with Crippen LogP contribution in [0.25, 0.3) is 0 Å². The molecule has 1 aliphatic rings. The number of nitrogens with zero attached hydrogens (tertiary/aromatic N) is 3. The lowest BCUT2D eigenvalue weighted by Crippen LogP contribution is -2.29. The fraction of sp³-hybridized carbons (Fsp3) is 0.320. The highest BCUT2D eigenvalue weighted by Gasteiger charge is 2.35. The normalized spacial score (nSPS) is 15.1. The van der Waals surface area contributed by atoms with Crippen molar-refractivity contribution in [1.82, 2.24) is 14.8 Å². The highest BCUT2D eigenvalue weighted by molar-refractivity contribution is 7.99. The maximum Gasteiger partial charge on any atom is 0.338 e. The van der Waals surface area contributed by atoms with E-state index in [4.69, 9.17) is 9.47 Å². The van der Waals surface area contributed by atoms with Crippen LogP contribution < -0.4 is 10.1 Å². The van der Waals surface area contributed by atoms with E-state index in [1.54, 1.807) is 23.4 Å². The number of aromatic nitrogens is 3. The summed E-state index contributed by atoms with van der Waals surface area (Å²) in [7, 11) is 0. The molecule has 1 atom stereocenters. The summed E-state index contributed by atoms with van der Waals surface area (Å²) in [5.41, 5.74) is 4.49. The first-order chi connectivity index (χ1) is 16.0. The Bertz CT molecular complexity index is 1170. The van der Waals surface area contributed by atoms with Gasteiger partial charge in [0.15, 0.2) is 0 Å². The number of rotatable bonds is 8. The molecule has 0 saturated heterocycles. The number of hydrogen-bond donors (Lipinski definition) is 1. The molecule has 2 aromatic carbocycles. The second kappa shape index (κ2) is 10.1. The maximum atomic E-state index is 12.9. The summed E-state index contributed by atoms with van der Waals surface area (Å²) < 4.78 is 13.1. The second-order valence-electron chi connectivity index (χ2n) is 7.67. The number of aryl methyl sites for hydroxylation is 1. The van der Waals surface area contributed by atoms with Crippen LogP contribution in [0.15, 0.2) is 65.0 Å². The number of esters is 1. The lowest BCUT2D eigenvalue weighted by atomic mass is 9.96. The number of carbonyl (C=O) groups excluding carboxylic acids is 1. The van der Waals surface area contributed by atoms with Gasteiger partial charge in [0.1, 0.15) is 18.4 Å². The van der Waals surface area contributed by atoms with Gasteiger partial charge < -0.3 is 14.8 Å². The van der Waals surface area contributed by atoms with Crippen molar-refractivity contribution in [3.05, 3.63) is 76.5 Å². The van der Waals surface area contributed by atoms with Crippen LogP contribution in [-0.2, 0) is 16.1 Å². The number of thioether (sulfide) groups is 1. The van der Waals surface area contributed by atoms with Gasteiger partial charge >= 0.3 is 5.97 Å². The number of fused-ring (bicyclic) bond motifs is 1. The Kier molecular flexibility index (Phi) is 7.03. The summed E-state index contributed by atoms with van der Waals surface area (Å²) in [6, 6.07) is 15.5. The molecular formula is C25H28N4O3S. The number of benzene rings is 2. The van der Waals surface area contributed by atoms with Crippen molar-refractivity contribution in [3.63, 3.8) is 0 Å². The van der Waals surface area contributed by atoms with Gasteiger partial charge in [0, 0.05) is 5.70 Å². The average molecular weight is 465 g/mol. The largest absolute Gasteiger partial charge is 0.489 e. The molecule has 4 rings (SSSR count).